The number of piperidine rings is 1. The van der Waals surface area contributed by atoms with Crippen LogP contribution in [0, 0.1) is 18.6 Å². The van der Waals surface area contributed by atoms with Gasteiger partial charge in [0.2, 0.25) is 10.0 Å². The fourth-order valence-corrected chi connectivity index (χ4v) is 5.24. The van der Waals surface area contributed by atoms with E-state index in [4.69, 9.17) is 11.6 Å². The van der Waals surface area contributed by atoms with E-state index in [1.165, 1.54) is 10.4 Å². The van der Waals surface area contributed by atoms with Crippen LogP contribution in [0.4, 0.5) is 8.78 Å². The van der Waals surface area contributed by atoms with Crippen molar-refractivity contribution in [2.45, 2.75) is 30.7 Å². The van der Waals surface area contributed by atoms with Crippen molar-refractivity contribution in [2.75, 3.05) is 13.1 Å². The number of benzene rings is 2. The molecule has 0 aromatic heterocycles. The van der Waals surface area contributed by atoms with Crippen molar-refractivity contribution in [3.05, 3.63) is 64.2 Å². The van der Waals surface area contributed by atoms with Gasteiger partial charge in [-0.1, -0.05) is 17.7 Å². The fraction of sp³-hybridized carbons (Fsp3) is 0.316. The van der Waals surface area contributed by atoms with E-state index in [0.717, 1.165) is 12.1 Å². The zero-order valence-electron chi connectivity index (χ0n) is 15.1. The minimum atomic E-state index is -3.78. The van der Waals surface area contributed by atoms with Crippen LogP contribution in [-0.4, -0.2) is 37.8 Å². The molecule has 5 nitrogen and oxygen atoms in total. The molecule has 150 valence electrons. The van der Waals surface area contributed by atoms with E-state index in [0.29, 0.717) is 36.0 Å². The van der Waals surface area contributed by atoms with Gasteiger partial charge in [-0.25, -0.2) is 17.2 Å². The van der Waals surface area contributed by atoms with E-state index < -0.39 is 33.6 Å². The molecule has 1 fully saturated rings. The van der Waals surface area contributed by atoms with Gasteiger partial charge in [0.25, 0.3) is 5.91 Å². The highest BCUT2D eigenvalue weighted by Gasteiger charge is 2.32. The topological polar surface area (TPSA) is 66.5 Å². The van der Waals surface area contributed by atoms with Crippen LogP contribution < -0.4 is 5.32 Å². The molecule has 0 bridgehead atoms. The van der Waals surface area contributed by atoms with Crippen molar-refractivity contribution < 1.29 is 22.0 Å². The second-order valence-corrected chi connectivity index (χ2v) is 9.01. The lowest BCUT2D eigenvalue weighted by Crippen LogP contribution is -2.49. The molecule has 1 amide bonds. The molecular formula is C19H19ClF2N2O3S. The van der Waals surface area contributed by atoms with Crippen molar-refractivity contribution in [3.8, 4) is 0 Å². The van der Waals surface area contributed by atoms with E-state index >= 15 is 0 Å². The third-order valence-electron chi connectivity index (χ3n) is 4.68. The number of hydrogen-bond acceptors (Lipinski definition) is 3. The first-order valence-electron chi connectivity index (χ1n) is 8.70. The molecule has 1 saturated heterocycles. The van der Waals surface area contributed by atoms with Gasteiger partial charge in [-0.05, 0) is 49.6 Å². The molecule has 1 atom stereocenters. The van der Waals surface area contributed by atoms with Crippen LogP contribution in [-0.2, 0) is 10.0 Å². The zero-order valence-corrected chi connectivity index (χ0v) is 16.7. The van der Waals surface area contributed by atoms with Crippen molar-refractivity contribution in [1.82, 2.24) is 9.62 Å². The van der Waals surface area contributed by atoms with Crippen LogP contribution in [0.3, 0.4) is 0 Å². The molecule has 9 heteroatoms. The van der Waals surface area contributed by atoms with E-state index in [2.05, 4.69) is 5.32 Å². The SMILES string of the molecule is Cc1c(Cl)cccc1S(=O)(=O)N1CCC[C@H](NC(=O)c2cc(F)cc(F)c2)C1. The number of hydrogen-bond donors (Lipinski definition) is 1. The number of halogens is 3. The molecule has 0 unspecified atom stereocenters. The third kappa shape index (κ3) is 4.34. The van der Waals surface area contributed by atoms with E-state index in [1.807, 2.05) is 0 Å². The van der Waals surface area contributed by atoms with E-state index in [-0.39, 0.29) is 17.0 Å². The maximum Gasteiger partial charge on any atom is 0.251 e. The molecular weight excluding hydrogens is 410 g/mol. The first kappa shape index (κ1) is 20.7. The van der Waals surface area contributed by atoms with Crippen LogP contribution in [0.2, 0.25) is 5.02 Å². The summed E-state index contributed by atoms with van der Waals surface area (Å²) >= 11 is 6.05. The lowest BCUT2D eigenvalue weighted by atomic mass is 10.1. The first-order chi connectivity index (χ1) is 13.2. The fourth-order valence-electron chi connectivity index (χ4n) is 3.24. The van der Waals surface area contributed by atoms with Gasteiger partial charge < -0.3 is 5.32 Å². The summed E-state index contributed by atoms with van der Waals surface area (Å²) in [7, 11) is -3.78. The summed E-state index contributed by atoms with van der Waals surface area (Å²) in [5.41, 5.74) is 0.314. The van der Waals surface area contributed by atoms with Gasteiger partial charge in [0, 0.05) is 35.8 Å². The molecule has 1 N–H and O–H groups in total. The van der Waals surface area contributed by atoms with Gasteiger partial charge in [-0.3, -0.25) is 4.79 Å². The first-order valence-corrected chi connectivity index (χ1v) is 10.5. The van der Waals surface area contributed by atoms with Crippen molar-refractivity contribution in [1.29, 1.82) is 0 Å². The summed E-state index contributed by atoms with van der Waals surface area (Å²) in [5, 5.41) is 3.02. The Kier molecular flexibility index (Phi) is 6.02. The van der Waals surface area contributed by atoms with Gasteiger partial charge in [-0.2, -0.15) is 4.31 Å². The Hall–Kier alpha value is -2.03. The highest BCUT2D eigenvalue weighted by Crippen LogP contribution is 2.27. The maximum absolute atomic E-state index is 13.3. The summed E-state index contributed by atoms with van der Waals surface area (Å²) in [4.78, 5) is 12.4. The molecule has 0 radical (unpaired) electrons. The van der Waals surface area contributed by atoms with Crippen LogP contribution in [0.5, 0.6) is 0 Å². The summed E-state index contributed by atoms with van der Waals surface area (Å²) in [6, 6.07) is 6.77. The largest absolute Gasteiger partial charge is 0.348 e. The van der Waals surface area contributed by atoms with Gasteiger partial charge in [0.15, 0.2) is 0 Å². The second-order valence-electron chi connectivity index (χ2n) is 6.70. The number of carbonyl (C=O) groups excluding carboxylic acids is 1. The lowest BCUT2D eigenvalue weighted by molar-refractivity contribution is 0.0920. The normalized spacial score (nSPS) is 18.1. The highest BCUT2D eigenvalue weighted by atomic mass is 35.5. The predicted octanol–water partition coefficient (Wildman–Crippen LogP) is 3.51. The van der Waals surface area contributed by atoms with Crippen molar-refractivity contribution >= 4 is 27.5 Å². The number of rotatable bonds is 4. The average Bonchev–Trinajstić information content (AvgIpc) is 2.63. The average molecular weight is 429 g/mol. The van der Waals surface area contributed by atoms with Gasteiger partial charge in [0.1, 0.15) is 11.6 Å². The Bertz CT molecular complexity index is 994. The van der Waals surface area contributed by atoms with Gasteiger partial charge in [-0.15, -0.1) is 0 Å². The molecule has 2 aromatic carbocycles. The number of nitrogens with one attached hydrogen (secondary N) is 1. The Morgan fingerprint density at radius 1 is 1.21 bits per heavy atom. The number of carbonyl (C=O) groups is 1. The van der Waals surface area contributed by atoms with Crippen LogP contribution in [0.15, 0.2) is 41.3 Å². The number of amides is 1. The van der Waals surface area contributed by atoms with Crippen LogP contribution >= 0.6 is 11.6 Å². The van der Waals surface area contributed by atoms with Gasteiger partial charge in [0.05, 0.1) is 4.90 Å². The lowest BCUT2D eigenvalue weighted by Gasteiger charge is -2.32. The van der Waals surface area contributed by atoms with E-state index in [9.17, 15) is 22.0 Å². The summed E-state index contributed by atoms with van der Waals surface area (Å²) in [6.45, 7) is 2.02. The predicted molar refractivity (Wildman–Crippen MR) is 102 cm³/mol. The molecule has 0 aliphatic carbocycles. The quantitative estimate of drug-likeness (QED) is 0.810. The number of nitrogens with zero attached hydrogens (tertiary/aromatic N) is 1. The van der Waals surface area contributed by atoms with E-state index in [1.54, 1.807) is 19.1 Å². The minimum Gasteiger partial charge on any atom is -0.348 e. The third-order valence-corrected chi connectivity index (χ3v) is 7.10. The van der Waals surface area contributed by atoms with Gasteiger partial charge >= 0.3 is 0 Å². The van der Waals surface area contributed by atoms with Crippen molar-refractivity contribution in [3.63, 3.8) is 0 Å². The Morgan fingerprint density at radius 2 is 1.89 bits per heavy atom. The smallest absolute Gasteiger partial charge is 0.251 e. The Balaban J connectivity index is 1.76. The summed E-state index contributed by atoms with van der Waals surface area (Å²) in [5.74, 6) is -2.36. The zero-order chi connectivity index (χ0) is 20.5. The second kappa shape index (κ2) is 8.14. The molecule has 2 aromatic rings. The Morgan fingerprint density at radius 3 is 2.57 bits per heavy atom. The molecule has 0 saturated carbocycles. The molecule has 28 heavy (non-hydrogen) atoms. The minimum absolute atomic E-state index is 0.0673. The number of sulfonamides is 1. The molecule has 3 rings (SSSR count). The van der Waals surface area contributed by atoms with Crippen LogP contribution in [0.25, 0.3) is 0 Å². The molecule has 1 aliphatic heterocycles. The molecule has 1 heterocycles. The monoisotopic (exact) mass is 428 g/mol. The van der Waals surface area contributed by atoms with Crippen LogP contribution in [0.1, 0.15) is 28.8 Å². The Labute approximate surface area is 167 Å². The molecule has 0 spiro atoms. The standard InChI is InChI=1S/C19H19ClF2N2O3S/c1-12-17(20)5-2-6-18(12)28(26,27)24-7-3-4-16(11-24)23-19(25)13-8-14(21)10-15(22)9-13/h2,5-6,8-10,16H,3-4,7,11H2,1H3,(H,23,25)/t16-/m0/s1. The highest BCUT2D eigenvalue weighted by molar-refractivity contribution is 7.89. The maximum atomic E-state index is 13.3. The molecule has 1 aliphatic rings. The summed E-state index contributed by atoms with van der Waals surface area (Å²) in [6.07, 6.45) is 1.10. The summed E-state index contributed by atoms with van der Waals surface area (Å²) < 4.78 is 54.0. The van der Waals surface area contributed by atoms with Crippen molar-refractivity contribution in [2.24, 2.45) is 0 Å².